The molecular formula is C15H14BrO. The van der Waals surface area contributed by atoms with Crippen LogP contribution in [0.3, 0.4) is 0 Å². The second kappa shape index (κ2) is 5.48. The van der Waals surface area contributed by atoms with Crippen LogP contribution in [-0.2, 0) is 11.5 Å². The summed E-state index contributed by atoms with van der Waals surface area (Å²) in [5, 5.41) is 11.1. The van der Waals surface area contributed by atoms with Crippen molar-refractivity contribution >= 4 is 15.9 Å². The maximum Gasteiger partial charge on any atom is 0.0942 e. The van der Waals surface area contributed by atoms with Gasteiger partial charge in [0.05, 0.1) is 6.10 Å². The Hall–Kier alpha value is -1.12. The molecule has 0 aliphatic rings. The van der Waals surface area contributed by atoms with Gasteiger partial charge in [-0.05, 0) is 35.7 Å². The van der Waals surface area contributed by atoms with Crippen LogP contribution in [0, 0.1) is 0 Å². The van der Waals surface area contributed by atoms with E-state index in [1.807, 2.05) is 24.3 Å². The first kappa shape index (κ1) is 12.3. The molecule has 1 radical (unpaired) electrons. The molecule has 0 N–H and O–H groups in total. The molecule has 17 heavy (non-hydrogen) atoms. The monoisotopic (exact) mass is 289 g/mol. The van der Waals surface area contributed by atoms with E-state index in [2.05, 4.69) is 40.2 Å². The standard InChI is InChI=1S/C15H14BrO/c1-11(17)10-12-2-4-13(5-3-12)14-6-8-15(16)9-7-14/h2-9,11H,10H2,1H3. The summed E-state index contributed by atoms with van der Waals surface area (Å²) in [6, 6.07) is 16.4. The Labute approximate surface area is 110 Å². The molecule has 0 saturated carbocycles. The van der Waals surface area contributed by atoms with Crippen molar-refractivity contribution in [1.29, 1.82) is 0 Å². The Morgan fingerprint density at radius 3 is 1.88 bits per heavy atom. The molecule has 0 aliphatic carbocycles. The Balaban J connectivity index is 2.20. The van der Waals surface area contributed by atoms with Crippen LogP contribution >= 0.6 is 15.9 Å². The summed E-state index contributed by atoms with van der Waals surface area (Å²) in [7, 11) is 0. The van der Waals surface area contributed by atoms with Crippen molar-refractivity contribution in [3.05, 3.63) is 58.6 Å². The third-order valence-electron chi connectivity index (χ3n) is 2.65. The van der Waals surface area contributed by atoms with Gasteiger partial charge in [-0.25, -0.2) is 5.11 Å². The predicted molar refractivity (Wildman–Crippen MR) is 73.4 cm³/mol. The largest absolute Gasteiger partial charge is 0.233 e. The second-order valence-corrected chi connectivity index (χ2v) is 5.13. The van der Waals surface area contributed by atoms with Crippen LogP contribution in [0.25, 0.3) is 11.1 Å². The maximum atomic E-state index is 11.1. The van der Waals surface area contributed by atoms with Gasteiger partial charge in [0.1, 0.15) is 0 Å². The molecule has 0 amide bonds. The fourth-order valence-corrected chi connectivity index (χ4v) is 2.07. The molecule has 2 aromatic rings. The van der Waals surface area contributed by atoms with Gasteiger partial charge in [0.2, 0.25) is 0 Å². The fraction of sp³-hybridized carbons (Fsp3) is 0.200. The number of hydrogen-bond donors (Lipinski definition) is 0. The second-order valence-electron chi connectivity index (χ2n) is 4.22. The third kappa shape index (κ3) is 3.42. The first-order valence-electron chi connectivity index (χ1n) is 5.66. The molecule has 1 nitrogen and oxygen atoms in total. The Morgan fingerprint density at radius 1 is 0.941 bits per heavy atom. The van der Waals surface area contributed by atoms with Gasteiger partial charge in [-0.1, -0.05) is 52.3 Å². The maximum absolute atomic E-state index is 11.1. The molecule has 0 bridgehead atoms. The van der Waals surface area contributed by atoms with E-state index in [1.54, 1.807) is 6.92 Å². The molecule has 1 atom stereocenters. The van der Waals surface area contributed by atoms with Crippen LogP contribution in [-0.4, -0.2) is 6.10 Å². The molecule has 2 heteroatoms. The highest BCUT2D eigenvalue weighted by Gasteiger charge is 2.01. The minimum absolute atomic E-state index is 0.534. The van der Waals surface area contributed by atoms with Crippen molar-refractivity contribution in [2.75, 3.05) is 0 Å². The summed E-state index contributed by atoms with van der Waals surface area (Å²) in [5.74, 6) is 0. The molecule has 1 unspecified atom stereocenters. The van der Waals surface area contributed by atoms with E-state index in [1.165, 1.54) is 11.1 Å². The highest BCUT2D eigenvalue weighted by molar-refractivity contribution is 9.10. The fourth-order valence-electron chi connectivity index (χ4n) is 1.81. The van der Waals surface area contributed by atoms with Gasteiger partial charge < -0.3 is 0 Å². The van der Waals surface area contributed by atoms with Gasteiger partial charge in [-0.2, -0.15) is 0 Å². The lowest BCUT2D eigenvalue weighted by atomic mass is 10.0. The topological polar surface area (TPSA) is 19.9 Å². The quantitative estimate of drug-likeness (QED) is 0.794. The number of hydrogen-bond acceptors (Lipinski definition) is 0. The van der Waals surface area contributed by atoms with E-state index in [9.17, 15) is 5.11 Å². The minimum atomic E-state index is -0.534. The average Bonchev–Trinajstić information content (AvgIpc) is 2.30. The SMILES string of the molecule is CC([O])Cc1ccc(-c2ccc(Br)cc2)cc1. The van der Waals surface area contributed by atoms with Crippen LogP contribution < -0.4 is 0 Å². The average molecular weight is 290 g/mol. The molecule has 87 valence electrons. The van der Waals surface area contributed by atoms with E-state index in [0.29, 0.717) is 6.42 Å². The number of rotatable bonds is 3. The van der Waals surface area contributed by atoms with Gasteiger partial charge in [0.15, 0.2) is 0 Å². The van der Waals surface area contributed by atoms with Crippen molar-refractivity contribution in [3.63, 3.8) is 0 Å². The van der Waals surface area contributed by atoms with Crippen molar-refractivity contribution < 1.29 is 5.11 Å². The lowest BCUT2D eigenvalue weighted by Gasteiger charge is -2.05. The van der Waals surface area contributed by atoms with Gasteiger partial charge in [-0.3, -0.25) is 0 Å². The van der Waals surface area contributed by atoms with Crippen LogP contribution in [0.2, 0.25) is 0 Å². The molecule has 0 saturated heterocycles. The normalized spacial score (nSPS) is 12.4. The smallest absolute Gasteiger partial charge is 0.0942 e. The van der Waals surface area contributed by atoms with Crippen molar-refractivity contribution in [2.45, 2.75) is 19.4 Å². The van der Waals surface area contributed by atoms with Gasteiger partial charge in [0, 0.05) is 10.9 Å². The van der Waals surface area contributed by atoms with Crippen LogP contribution in [0.1, 0.15) is 12.5 Å². The van der Waals surface area contributed by atoms with Crippen LogP contribution in [0.15, 0.2) is 53.0 Å². The summed E-state index contributed by atoms with van der Waals surface area (Å²) in [4.78, 5) is 0. The van der Waals surface area contributed by atoms with Gasteiger partial charge in [0.25, 0.3) is 0 Å². The summed E-state index contributed by atoms with van der Waals surface area (Å²) < 4.78 is 1.08. The molecular weight excluding hydrogens is 276 g/mol. The Morgan fingerprint density at radius 2 is 1.41 bits per heavy atom. The van der Waals surface area contributed by atoms with Crippen LogP contribution in [0.4, 0.5) is 0 Å². The first-order chi connectivity index (χ1) is 8.15. The first-order valence-corrected chi connectivity index (χ1v) is 6.45. The van der Waals surface area contributed by atoms with Gasteiger partial charge >= 0.3 is 0 Å². The van der Waals surface area contributed by atoms with E-state index < -0.39 is 6.10 Å². The van der Waals surface area contributed by atoms with E-state index in [0.717, 1.165) is 10.0 Å². The highest BCUT2D eigenvalue weighted by Crippen LogP contribution is 2.22. The highest BCUT2D eigenvalue weighted by atomic mass is 79.9. The third-order valence-corrected chi connectivity index (χ3v) is 3.18. The van der Waals surface area contributed by atoms with Crippen molar-refractivity contribution in [1.82, 2.24) is 0 Å². The van der Waals surface area contributed by atoms with Gasteiger partial charge in [-0.15, -0.1) is 0 Å². The summed E-state index contributed by atoms with van der Waals surface area (Å²) in [6.07, 6.45) is 0.0641. The van der Waals surface area contributed by atoms with Crippen molar-refractivity contribution in [2.24, 2.45) is 0 Å². The summed E-state index contributed by atoms with van der Waals surface area (Å²) in [5.41, 5.74) is 3.48. The Bertz CT molecular complexity index is 471. The zero-order chi connectivity index (χ0) is 12.3. The van der Waals surface area contributed by atoms with E-state index in [4.69, 9.17) is 0 Å². The molecule has 0 heterocycles. The molecule has 0 aromatic heterocycles. The zero-order valence-electron chi connectivity index (χ0n) is 9.69. The lowest BCUT2D eigenvalue weighted by molar-refractivity contribution is 0.106. The molecule has 0 fully saturated rings. The lowest BCUT2D eigenvalue weighted by Crippen LogP contribution is -2.01. The summed E-state index contributed by atoms with van der Waals surface area (Å²) >= 11 is 3.42. The minimum Gasteiger partial charge on any atom is -0.233 e. The number of halogens is 1. The molecule has 2 rings (SSSR count). The summed E-state index contributed by atoms with van der Waals surface area (Å²) in [6.45, 7) is 1.70. The molecule has 0 spiro atoms. The van der Waals surface area contributed by atoms with Crippen molar-refractivity contribution in [3.8, 4) is 11.1 Å². The Kier molecular flexibility index (Phi) is 3.97. The van der Waals surface area contributed by atoms with E-state index in [-0.39, 0.29) is 0 Å². The van der Waals surface area contributed by atoms with E-state index >= 15 is 0 Å². The predicted octanol–water partition coefficient (Wildman–Crippen LogP) is 4.48. The molecule has 2 aromatic carbocycles. The molecule has 0 aliphatic heterocycles. The number of benzene rings is 2. The van der Waals surface area contributed by atoms with Crippen LogP contribution in [0.5, 0.6) is 0 Å². The zero-order valence-corrected chi connectivity index (χ0v) is 11.3.